The van der Waals surface area contributed by atoms with Crippen LogP contribution in [0.4, 0.5) is 5.69 Å². The molecule has 0 bridgehead atoms. The topological polar surface area (TPSA) is 92.5 Å². The molecule has 3 rings (SSSR count). The first-order valence-corrected chi connectivity index (χ1v) is 12.0. The molecule has 1 fully saturated rings. The van der Waals surface area contributed by atoms with E-state index in [0.717, 1.165) is 19.3 Å². The zero-order valence-electron chi connectivity index (χ0n) is 17.1. The van der Waals surface area contributed by atoms with Gasteiger partial charge in [0.2, 0.25) is 15.9 Å². The smallest absolute Gasteiger partial charge is 0.244 e. The van der Waals surface area contributed by atoms with Crippen molar-refractivity contribution in [2.45, 2.75) is 49.5 Å². The van der Waals surface area contributed by atoms with Crippen LogP contribution in [0.15, 0.2) is 53.4 Å². The van der Waals surface area contributed by atoms with E-state index in [9.17, 15) is 13.2 Å². The Morgan fingerprint density at radius 1 is 1.13 bits per heavy atom. The summed E-state index contributed by atoms with van der Waals surface area (Å²) in [7, 11) is -3.73. The fourth-order valence-corrected chi connectivity index (χ4v) is 5.47. The van der Waals surface area contributed by atoms with Crippen molar-refractivity contribution in [3.8, 4) is 0 Å². The third-order valence-electron chi connectivity index (χ3n) is 5.55. The van der Waals surface area contributed by atoms with Gasteiger partial charge in [-0.3, -0.25) is 4.79 Å². The van der Waals surface area contributed by atoms with E-state index in [1.807, 2.05) is 24.3 Å². The summed E-state index contributed by atoms with van der Waals surface area (Å²) in [5.74, 6) is -0.293. The molecule has 1 aliphatic heterocycles. The van der Waals surface area contributed by atoms with Crippen molar-refractivity contribution in [3.63, 3.8) is 0 Å². The van der Waals surface area contributed by atoms with Crippen LogP contribution < -0.4 is 11.1 Å². The lowest BCUT2D eigenvalue weighted by atomic mass is 9.88. The minimum atomic E-state index is -3.73. The molecule has 3 N–H and O–H groups in total. The van der Waals surface area contributed by atoms with Crippen molar-refractivity contribution >= 4 is 33.2 Å². The number of nitrogens with one attached hydrogen (secondary N) is 1. The molecule has 6 nitrogen and oxygen atoms in total. The molecule has 2 aromatic carbocycles. The lowest BCUT2D eigenvalue weighted by Crippen LogP contribution is -2.58. The summed E-state index contributed by atoms with van der Waals surface area (Å²) in [5.41, 5.74) is 7.17. The molecular weight excluding hydrogens is 422 g/mol. The van der Waals surface area contributed by atoms with Gasteiger partial charge in [-0.15, -0.1) is 0 Å². The molecule has 30 heavy (non-hydrogen) atoms. The van der Waals surface area contributed by atoms with Crippen molar-refractivity contribution in [1.29, 1.82) is 0 Å². The highest BCUT2D eigenvalue weighted by Crippen LogP contribution is 2.29. The maximum absolute atomic E-state index is 12.9. The fourth-order valence-electron chi connectivity index (χ4n) is 3.54. The Labute approximate surface area is 183 Å². The van der Waals surface area contributed by atoms with Crippen LogP contribution >= 0.6 is 11.6 Å². The van der Waals surface area contributed by atoms with Gasteiger partial charge in [-0.25, -0.2) is 8.42 Å². The summed E-state index contributed by atoms with van der Waals surface area (Å²) < 4.78 is 27.1. The molecular formula is C22H28ClN3O3S. The van der Waals surface area contributed by atoms with Crippen molar-refractivity contribution in [3.05, 3.63) is 59.1 Å². The van der Waals surface area contributed by atoms with Crippen LogP contribution in [-0.4, -0.2) is 37.3 Å². The number of carbonyl (C=O) groups is 1. The summed E-state index contributed by atoms with van der Waals surface area (Å²) in [4.78, 5) is 12.9. The molecule has 1 heterocycles. The van der Waals surface area contributed by atoms with E-state index < -0.39 is 15.6 Å². The molecule has 0 atom stereocenters. The number of halogens is 1. The number of hydrogen-bond acceptors (Lipinski definition) is 4. The van der Waals surface area contributed by atoms with Gasteiger partial charge in [0.15, 0.2) is 0 Å². The summed E-state index contributed by atoms with van der Waals surface area (Å²) in [5, 5.41) is 3.06. The highest BCUT2D eigenvalue weighted by molar-refractivity contribution is 7.89. The number of carbonyl (C=O) groups excluding carboxylic acids is 1. The normalized spacial score (nSPS) is 16.9. The molecule has 2 aromatic rings. The van der Waals surface area contributed by atoms with E-state index in [4.69, 9.17) is 17.3 Å². The van der Waals surface area contributed by atoms with Crippen molar-refractivity contribution < 1.29 is 13.2 Å². The van der Waals surface area contributed by atoms with Crippen LogP contribution in [0.5, 0.6) is 0 Å². The zero-order valence-corrected chi connectivity index (χ0v) is 18.7. The molecule has 1 saturated heterocycles. The maximum atomic E-state index is 12.9. The number of anilines is 1. The average molecular weight is 450 g/mol. The SMILES string of the molecule is CCCCc1ccc(NC(=O)C2(N)CCN(S(=O)(=O)c3ccccc3Cl)CC2)cc1. The monoisotopic (exact) mass is 449 g/mol. The summed E-state index contributed by atoms with van der Waals surface area (Å²) >= 11 is 6.07. The number of unbranched alkanes of at least 4 members (excludes halogenated alkanes) is 1. The molecule has 8 heteroatoms. The van der Waals surface area contributed by atoms with Crippen LogP contribution in [-0.2, 0) is 21.2 Å². The summed E-state index contributed by atoms with van der Waals surface area (Å²) in [6, 6.07) is 14.1. The number of piperidine rings is 1. The van der Waals surface area contributed by atoms with Crippen LogP contribution in [0.25, 0.3) is 0 Å². The third kappa shape index (κ3) is 5.03. The maximum Gasteiger partial charge on any atom is 0.244 e. The molecule has 0 spiro atoms. The zero-order chi connectivity index (χ0) is 21.8. The molecule has 162 valence electrons. The van der Waals surface area contributed by atoms with E-state index in [1.165, 1.54) is 15.9 Å². The van der Waals surface area contributed by atoms with E-state index in [0.29, 0.717) is 5.69 Å². The van der Waals surface area contributed by atoms with Gasteiger partial charge in [0, 0.05) is 18.8 Å². The Bertz CT molecular complexity index is 985. The van der Waals surface area contributed by atoms with E-state index in [2.05, 4.69) is 12.2 Å². The second-order valence-electron chi connectivity index (χ2n) is 7.75. The van der Waals surface area contributed by atoms with Crippen molar-refractivity contribution in [1.82, 2.24) is 4.31 Å². The van der Waals surface area contributed by atoms with E-state index in [-0.39, 0.29) is 41.8 Å². The number of hydrogen-bond donors (Lipinski definition) is 2. The fraction of sp³-hybridized carbons (Fsp3) is 0.409. The largest absolute Gasteiger partial charge is 0.324 e. The Hall–Kier alpha value is -1.93. The molecule has 1 amide bonds. The first-order valence-electron chi connectivity index (χ1n) is 10.2. The van der Waals surface area contributed by atoms with Crippen molar-refractivity contribution in [2.75, 3.05) is 18.4 Å². The van der Waals surface area contributed by atoms with Gasteiger partial charge in [0.05, 0.1) is 10.6 Å². The number of benzene rings is 2. The number of nitrogens with zero attached hydrogens (tertiary/aromatic N) is 1. The van der Waals surface area contributed by atoms with Crippen LogP contribution in [0.3, 0.4) is 0 Å². The van der Waals surface area contributed by atoms with Gasteiger partial charge in [0.1, 0.15) is 4.90 Å². The molecule has 0 radical (unpaired) electrons. The van der Waals surface area contributed by atoms with E-state index >= 15 is 0 Å². The van der Waals surface area contributed by atoms with Gasteiger partial charge in [0.25, 0.3) is 0 Å². The minimum Gasteiger partial charge on any atom is -0.324 e. The first-order chi connectivity index (χ1) is 14.3. The van der Waals surface area contributed by atoms with Crippen LogP contribution in [0.2, 0.25) is 5.02 Å². The summed E-state index contributed by atoms with van der Waals surface area (Å²) in [6.45, 7) is 2.47. The second kappa shape index (κ2) is 9.47. The number of nitrogens with two attached hydrogens (primary N) is 1. The number of rotatable bonds is 7. The van der Waals surface area contributed by atoms with Gasteiger partial charge >= 0.3 is 0 Å². The molecule has 1 aliphatic rings. The Balaban J connectivity index is 1.62. The predicted molar refractivity (Wildman–Crippen MR) is 120 cm³/mol. The van der Waals surface area contributed by atoms with Gasteiger partial charge in [-0.2, -0.15) is 4.31 Å². The number of aryl methyl sites for hydroxylation is 1. The lowest BCUT2D eigenvalue weighted by Gasteiger charge is -2.37. The Morgan fingerprint density at radius 3 is 2.37 bits per heavy atom. The van der Waals surface area contributed by atoms with E-state index in [1.54, 1.807) is 18.2 Å². The highest BCUT2D eigenvalue weighted by atomic mass is 35.5. The number of amides is 1. The summed E-state index contributed by atoms with van der Waals surface area (Å²) in [6.07, 6.45) is 3.75. The van der Waals surface area contributed by atoms with Crippen LogP contribution in [0.1, 0.15) is 38.2 Å². The van der Waals surface area contributed by atoms with Gasteiger partial charge in [-0.05, 0) is 55.5 Å². The van der Waals surface area contributed by atoms with Gasteiger partial charge < -0.3 is 11.1 Å². The Morgan fingerprint density at radius 2 is 1.77 bits per heavy atom. The molecule has 0 saturated carbocycles. The predicted octanol–water partition coefficient (Wildman–Crippen LogP) is 3.80. The highest BCUT2D eigenvalue weighted by Gasteiger charge is 2.41. The minimum absolute atomic E-state index is 0.0730. The second-order valence-corrected chi connectivity index (χ2v) is 10.1. The quantitative estimate of drug-likeness (QED) is 0.672. The Kier molecular flexibility index (Phi) is 7.18. The van der Waals surface area contributed by atoms with Gasteiger partial charge in [-0.1, -0.05) is 49.2 Å². The number of sulfonamides is 1. The van der Waals surface area contributed by atoms with Crippen LogP contribution in [0, 0.1) is 0 Å². The third-order valence-corrected chi connectivity index (χ3v) is 7.95. The first kappa shape index (κ1) is 22.7. The average Bonchev–Trinajstić information content (AvgIpc) is 2.73. The lowest BCUT2D eigenvalue weighted by molar-refractivity contribution is -0.122. The molecule has 0 unspecified atom stereocenters. The molecule has 0 aromatic heterocycles. The molecule has 0 aliphatic carbocycles. The van der Waals surface area contributed by atoms with Crippen molar-refractivity contribution in [2.24, 2.45) is 5.73 Å². The standard InChI is InChI=1S/C22H28ClN3O3S/c1-2-3-6-17-9-11-18(12-10-17)25-21(27)22(24)13-15-26(16-14-22)30(28,29)20-8-5-4-7-19(20)23/h4-5,7-12H,2-3,6,13-16,24H2,1H3,(H,25,27).